The van der Waals surface area contributed by atoms with E-state index in [0.717, 1.165) is 16.7 Å². The second kappa shape index (κ2) is 8.49. The molecule has 0 aromatic heterocycles. The van der Waals surface area contributed by atoms with E-state index in [-0.39, 0.29) is 22.9 Å². The summed E-state index contributed by atoms with van der Waals surface area (Å²) in [4.78, 5) is 38.1. The number of anilines is 1. The molecule has 1 fully saturated rings. The SMILES string of the molecule is COc1cc(/C=C2/SC(=O)N(CC(=O)Nc3ccccc3Br)C2=O)ccc1O. The van der Waals surface area contributed by atoms with Crippen molar-refractivity contribution in [3.63, 3.8) is 0 Å². The summed E-state index contributed by atoms with van der Waals surface area (Å²) in [5, 5.41) is 11.8. The van der Waals surface area contributed by atoms with Gasteiger partial charge in [0.15, 0.2) is 11.5 Å². The van der Waals surface area contributed by atoms with Crippen LogP contribution in [0.3, 0.4) is 0 Å². The molecule has 2 aromatic carbocycles. The third-order valence-corrected chi connectivity index (χ3v) is 5.42. The van der Waals surface area contributed by atoms with Crippen LogP contribution in [0.25, 0.3) is 6.08 Å². The second-order valence-corrected chi connectivity index (χ2v) is 7.57. The lowest BCUT2D eigenvalue weighted by atomic mass is 10.2. The number of aromatic hydroxyl groups is 1. The van der Waals surface area contributed by atoms with Gasteiger partial charge in [0.25, 0.3) is 11.1 Å². The average molecular weight is 463 g/mol. The maximum atomic E-state index is 12.5. The zero-order valence-corrected chi connectivity index (χ0v) is 17.0. The Balaban J connectivity index is 1.73. The summed E-state index contributed by atoms with van der Waals surface area (Å²) in [6.07, 6.45) is 1.51. The summed E-state index contributed by atoms with van der Waals surface area (Å²) in [5.41, 5.74) is 1.13. The predicted octanol–water partition coefficient (Wildman–Crippen LogP) is 3.84. The van der Waals surface area contributed by atoms with Gasteiger partial charge in [-0.3, -0.25) is 19.3 Å². The van der Waals surface area contributed by atoms with Crippen LogP contribution in [0.4, 0.5) is 10.5 Å². The van der Waals surface area contributed by atoms with Crippen LogP contribution in [-0.2, 0) is 9.59 Å². The monoisotopic (exact) mass is 462 g/mol. The molecule has 28 heavy (non-hydrogen) atoms. The first kappa shape index (κ1) is 20.0. The van der Waals surface area contributed by atoms with Crippen molar-refractivity contribution >= 4 is 56.5 Å². The van der Waals surface area contributed by atoms with Crippen molar-refractivity contribution < 1.29 is 24.2 Å². The smallest absolute Gasteiger partial charge is 0.294 e. The molecule has 0 spiro atoms. The fourth-order valence-corrected chi connectivity index (χ4v) is 3.69. The van der Waals surface area contributed by atoms with E-state index in [9.17, 15) is 19.5 Å². The van der Waals surface area contributed by atoms with Crippen LogP contribution in [0.2, 0.25) is 0 Å². The minimum absolute atomic E-state index is 0.0310. The quantitative estimate of drug-likeness (QED) is 0.655. The lowest BCUT2D eigenvalue weighted by molar-refractivity contribution is -0.127. The number of hydrogen-bond donors (Lipinski definition) is 2. The molecule has 1 aliphatic rings. The number of imide groups is 1. The summed E-state index contributed by atoms with van der Waals surface area (Å²) >= 11 is 4.07. The van der Waals surface area contributed by atoms with Gasteiger partial charge in [-0.25, -0.2) is 0 Å². The fourth-order valence-electron chi connectivity index (χ4n) is 2.47. The van der Waals surface area contributed by atoms with Crippen molar-refractivity contribution in [2.24, 2.45) is 0 Å². The number of carbonyl (C=O) groups is 3. The van der Waals surface area contributed by atoms with E-state index in [1.165, 1.54) is 19.3 Å². The Morgan fingerprint density at radius 1 is 1.29 bits per heavy atom. The van der Waals surface area contributed by atoms with Crippen molar-refractivity contribution in [2.75, 3.05) is 19.0 Å². The highest BCUT2D eigenvalue weighted by Crippen LogP contribution is 2.34. The minimum atomic E-state index is -0.552. The third-order valence-electron chi connectivity index (χ3n) is 3.82. The van der Waals surface area contributed by atoms with E-state index in [1.54, 1.807) is 36.4 Å². The molecule has 2 aromatic rings. The highest BCUT2D eigenvalue weighted by atomic mass is 79.9. The van der Waals surface area contributed by atoms with Crippen LogP contribution < -0.4 is 10.1 Å². The number of thioether (sulfide) groups is 1. The Morgan fingerprint density at radius 3 is 2.75 bits per heavy atom. The van der Waals surface area contributed by atoms with Crippen LogP contribution in [0.5, 0.6) is 11.5 Å². The molecule has 3 rings (SSSR count). The summed E-state index contributed by atoms with van der Waals surface area (Å²) in [6, 6.07) is 11.6. The number of halogens is 1. The van der Waals surface area contributed by atoms with Crippen molar-refractivity contribution in [3.05, 3.63) is 57.4 Å². The second-order valence-electron chi connectivity index (χ2n) is 5.73. The molecule has 0 bridgehead atoms. The van der Waals surface area contributed by atoms with E-state index >= 15 is 0 Å². The summed E-state index contributed by atoms with van der Waals surface area (Å²) < 4.78 is 5.73. The lowest BCUT2D eigenvalue weighted by Gasteiger charge is -2.13. The normalized spacial score (nSPS) is 15.2. The van der Waals surface area contributed by atoms with Gasteiger partial charge in [-0.15, -0.1) is 0 Å². The Kier molecular flexibility index (Phi) is 6.05. The molecule has 1 aliphatic heterocycles. The van der Waals surface area contributed by atoms with Gasteiger partial charge >= 0.3 is 0 Å². The van der Waals surface area contributed by atoms with Gasteiger partial charge in [0, 0.05) is 4.47 Å². The topological polar surface area (TPSA) is 95.9 Å². The Labute approximate surface area is 173 Å². The highest BCUT2D eigenvalue weighted by molar-refractivity contribution is 9.10. The van der Waals surface area contributed by atoms with Gasteiger partial charge in [0.2, 0.25) is 5.91 Å². The van der Waals surface area contributed by atoms with E-state index in [2.05, 4.69) is 21.2 Å². The number of nitrogens with one attached hydrogen (secondary N) is 1. The number of hydrogen-bond acceptors (Lipinski definition) is 6. The molecule has 0 unspecified atom stereocenters. The van der Waals surface area contributed by atoms with Crippen molar-refractivity contribution in [2.45, 2.75) is 0 Å². The number of nitrogens with zero attached hydrogens (tertiary/aromatic N) is 1. The van der Waals surface area contributed by atoms with Crippen LogP contribution in [0, 0.1) is 0 Å². The third kappa shape index (κ3) is 4.37. The molecule has 1 heterocycles. The molecule has 9 heteroatoms. The molecule has 0 atom stereocenters. The summed E-state index contributed by atoms with van der Waals surface area (Å²) in [7, 11) is 1.41. The number of benzene rings is 2. The van der Waals surface area contributed by atoms with Gasteiger partial charge in [0.1, 0.15) is 6.54 Å². The largest absolute Gasteiger partial charge is 0.504 e. The van der Waals surface area contributed by atoms with Crippen LogP contribution in [0.1, 0.15) is 5.56 Å². The Hall–Kier alpha value is -2.78. The van der Waals surface area contributed by atoms with Crippen molar-refractivity contribution in [3.8, 4) is 11.5 Å². The maximum Gasteiger partial charge on any atom is 0.294 e. The average Bonchev–Trinajstić information content (AvgIpc) is 2.92. The molecule has 0 aliphatic carbocycles. The molecular formula is C19H15BrN2O5S. The molecule has 7 nitrogen and oxygen atoms in total. The number of rotatable bonds is 5. The predicted molar refractivity (Wildman–Crippen MR) is 110 cm³/mol. The van der Waals surface area contributed by atoms with E-state index < -0.39 is 17.1 Å². The van der Waals surface area contributed by atoms with Crippen molar-refractivity contribution in [1.29, 1.82) is 0 Å². The molecule has 0 radical (unpaired) electrons. The molecular weight excluding hydrogens is 448 g/mol. The van der Waals surface area contributed by atoms with Gasteiger partial charge in [0.05, 0.1) is 17.7 Å². The Morgan fingerprint density at radius 2 is 2.04 bits per heavy atom. The number of carbonyl (C=O) groups excluding carboxylic acids is 3. The zero-order valence-electron chi connectivity index (χ0n) is 14.6. The first-order chi connectivity index (χ1) is 13.4. The lowest BCUT2D eigenvalue weighted by Crippen LogP contribution is -2.36. The zero-order chi connectivity index (χ0) is 20.3. The fraction of sp³-hybridized carbons (Fsp3) is 0.105. The number of amides is 3. The van der Waals surface area contributed by atoms with Gasteiger partial charge < -0.3 is 15.2 Å². The number of para-hydroxylation sites is 1. The molecule has 3 amide bonds. The standard InChI is InChI=1S/C19H15BrN2O5S/c1-27-15-8-11(6-7-14(15)23)9-16-18(25)22(19(26)28-16)10-17(24)21-13-5-3-2-4-12(13)20/h2-9,23H,10H2,1H3,(H,21,24)/b16-9+. The van der Waals surface area contributed by atoms with Crippen LogP contribution in [-0.4, -0.2) is 40.7 Å². The number of ether oxygens (including phenoxy) is 1. The van der Waals surface area contributed by atoms with E-state index in [0.29, 0.717) is 15.7 Å². The maximum absolute atomic E-state index is 12.5. The number of methoxy groups -OCH3 is 1. The van der Waals surface area contributed by atoms with E-state index in [4.69, 9.17) is 4.74 Å². The van der Waals surface area contributed by atoms with Gasteiger partial charge in [-0.2, -0.15) is 0 Å². The van der Waals surface area contributed by atoms with Crippen LogP contribution in [0.15, 0.2) is 51.8 Å². The molecule has 144 valence electrons. The number of phenolic OH excluding ortho intramolecular Hbond substituents is 1. The van der Waals surface area contributed by atoms with Gasteiger partial charge in [-0.05, 0) is 63.6 Å². The van der Waals surface area contributed by atoms with Crippen LogP contribution >= 0.6 is 27.7 Å². The summed E-state index contributed by atoms with van der Waals surface area (Å²) in [5.74, 6) is -0.816. The molecule has 1 saturated heterocycles. The molecule has 0 saturated carbocycles. The minimum Gasteiger partial charge on any atom is -0.504 e. The Bertz CT molecular complexity index is 992. The first-order valence-corrected chi connectivity index (χ1v) is 9.66. The number of phenols is 1. The van der Waals surface area contributed by atoms with Gasteiger partial charge in [-0.1, -0.05) is 18.2 Å². The molecule has 2 N–H and O–H groups in total. The van der Waals surface area contributed by atoms with E-state index in [1.807, 2.05) is 0 Å². The van der Waals surface area contributed by atoms with Crippen molar-refractivity contribution in [1.82, 2.24) is 4.90 Å². The summed E-state index contributed by atoms with van der Waals surface area (Å²) in [6.45, 7) is -0.387. The highest BCUT2D eigenvalue weighted by Gasteiger charge is 2.36. The first-order valence-electron chi connectivity index (χ1n) is 8.06.